The third-order valence-electron chi connectivity index (χ3n) is 2.60. The zero-order valence-corrected chi connectivity index (χ0v) is 12.5. The highest BCUT2D eigenvalue weighted by atomic mass is 79.9. The lowest BCUT2D eigenvalue weighted by Gasteiger charge is -2.04. The van der Waals surface area contributed by atoms with Crippen LogP contribution in [0, 0.1) is 0 Å². The molecule has 0 bridgehead atoms. The van der Waals surface area contributed by atoms with Gasteiger partial charge >= 0.3 is 0 Å². The first-order chi connectivity index (χ1) is 8.91. The summed E-state index contributed by atoms with van der Waals surface area (Å²) in [5.41, 5.74) is 1.52. The third-order valence-corrected chi connectivity index (χ3v) is 4.20. The molecule has 1 aromatic heterocycles. The summed E-state index contributed by atoms with van der Waals surface area (Å²) in [4.78, 5) is 11.9. The van der Waals surface area contributed by atoms with Gasteiger partial charge < -0.3 is 0 Å². The van der Waals surface area contributed by atoms with Crippen LogP contribution in [0.25, 0.3) is 11.1 Å². The number of benzene rings is 1. The molecule has 19 heavy (non-hydrogen) atoms. The first-order valence-electron chi connectivity index (χ1n) is 5.35. The second kappa shape index (κ2) is 5.26. The summed E-state index contributed by atoms with van der Waals surface area (Å²) in [7, 11) is -3.21. The van der Waals surface area contributed by atoms with E-state index in [2.05, 4.69) is 21.0 Å². The van der Waals surface area contributed by atoms with Gasteiger partial charge in [-0.2, -0.15) is 5.10 Å². The number of nitrogens with zero attached hydrogens (tertiary/aromatic N) is 2. The topological polar surface area (TPSA) is 69.0 Å². The Morgan fingerprint density at radius 1 is 1.21 bits per heavy atom. The maximum Gasteiger partial charge on any atom is 0.268 e. The van der Waals surface area contributed by atoms with Crippen molar-refractivity contribution in [2.24, 2.45) is 0 Å². The van der Waals surface area contributed by atoms with Crippen molar-refractivity contribution >= 4 is 25.8 Å². The first-order valence-corrected chi connectivity index (χ1v) is 8.37. The van der Waals surface area contributed by atoms with E-state index >= 15 is 0 Å². The molecule has 1 heterocycles. The molecule has 0 saturated heterocycles. The standard InChI is InChI=1S/C12H11BrN2O3S/c1-19(17,18)11-4-2-9(3-5-11)10-6-12(16)15(8-13)14-7-10/h2-7H,8H2,1H3. The molecule has 0 aliphatic rings. The van der Waals surface area contributed by atoms with Crippen LogP contribution in [0.3, 0.4) is 0 Å². The lowest BCUT2D eigenvalue weighted by Crippen LogP contribution is -2.19. The number of rotatable bonds is 3. The van der Waals surface area contributed by atoms with Crippen LogP contribution in [0.15, 0.2) is 46.2 Å². The highest BCUT2D eigenvalue weighted by molar-refractivity contribution is 9.08. The Morgan fingerprint density at radius 3 is 2.32 bits per heavy atom. The van der Waals surface area contributed by atoms with E-state index in [1.165, 1.54) is 22.9 Å². The molecule has 0 aliphatic heterocycles. The molecule has 0 fully saturated rings. The largest absolute Gasteiger partial charge is 0.268 e. The van der Waals surface area contributed by atoms with Crippen molar-refractivity contribution < 1.29 is 8.42 Å². The van der Waals surface area contributed by atoms with Crippen LogP contribution in [0.4, 0.5) is 0 Å². The fraction of sp³-hybridized carbons (Fsp3) is 0.167. The molecule has 2 rings (SSSR count). The average Bonchev–Trinajstić information content (AvgIpc) is 2.38. The summed E-state index contributed by atoms with van der Waals surface area (Å²) in [6, 6.07) is 7.81. The van der Waals surface area contributed by atoms with E-state index in [4.69, 9.17) is 0 Å². The minimum atomic E-state index is -3.21. The fourth-order valence-electron chi connectivity index (χ4n) is 1.58. The van der Waals surface area contributed by atoms with Crippen molar-refractivity contribution in [3.63, 3.8) is 0 Å². The van der Waals surface area contributed by atoms with Crippen LogP contribution < -0.4 is 5.56 Å². The molecule has 0 atom stereocenters. The zero-order valence-electron chi connectivity index (χ0n) is 10.1. The van der Waals surface area contributed by atoms with Gasteiger partial charge in [0.25, 0.3) is 5.56 Å². The minimum absolute atomic E-state index is 0.221. The Hall–Kier alpha value is -1.47. The van der Waals surface area contributed by atoms with Gasteiger partial charge in [-0.15, -0.1) is 0 Å². The normalized spacial score (nSPS) is 11.5. The first kappa shape index (κ1) is 14.0. The highest BCUT2D eigenvalue weighted by Crippen LogP contribution is 2.19. The maximum atomic E-state index is 11.6. The molecule has 0 spiro atoms. The molecule has 1 aromatic carbocycles. The third kappa shape index (κ3) is 3.10. The van der Waals surface area contributed by atoms with Gasteiger partial charge in [0.2, 0.25) is 0 Å². The molecular weight excluding hydrogens is 332 g/mol. The van der Waals surface area contributed by atoms with Gasteiger partial charge in [-0.1, -0.05) is 28.1 Å². The van der Waals surface area contributed by atoms with Crippen molar-refractivity contribution in [1.82, 2.24) is 9.78 Å². The van der Waals surface area contributed by atoms with E-state index in [0.717, 1.165) is 11.8 Å². The summed E-state index contributed by atoms with van der Waals surface area (Å²) >= 11 is 3.15. The van der Waals surface area contributed by atoms with E-state index in [-0.39, 0.29) is 10.5 Å². The van der Waals surface area contributed by atoms with Crippen LogP contribution in [0.2, 0.25) is 0 Å². The van der Waals surface area contributed by atoms with Crippen LogP contribution >= 0.6 is 15.9 Å². The number of hydrogen-bond donors (Lipinski definition) is 0. The van der Waals surface area contributed by atoms with Gasteiger partial charge in [0.1, 0.15) is 0 Å². The van der Waals surface area contributed by atoms with Crippen LogP contribution in [0.1, 0.15) is 0 Å². The molecule has 100 valence electrons. The highest BCUT2D eigenvalue weighted by Gasteiger charge is 2.07. The van der Waals surface area contributed by atoms with Crippen LogP contribution in [0.5, 0.6) is 0 Å². The SMILES string of the molecule is CS(=O)(=O)c1ccc(-c2cnn(CBr)c(=O)c2)cc1. The van der Waals surface area contributed by atoms with Crippen molar-refractivity contribution in [3.05, 3.63) is 46.9 Å². The molecule has 0 radical (unpaired) electrons. The van der Waals surface area contributed by atoms with Gasteiger partial charge in [-0.05, 0) is 17.7 Å². The molecule has 0 saturated carbocycles. The summed E-state index contributed by atoms with van der Waals surface area (Å²) in [6.45, 7) is 0. The minimum Gasteiger partial charge on any atom is -0.268 e. The van der Waals surface area contributed by atoms with E-state index < -0.39 is 9.84 Å². The Bertz CT molecular complexity index is 751. The number of hydrogen-bond acceptors (Lipinski definition) is 4. The van der Waals surface area contributed by atoms with Crippen molar-refractivity contribution in [2.45, 2.75) is 10.3 Å². The molecule has 0 N–H and O–H groups in total. The summed E-state index contributed by atoms with van der Waals surface area (Å²) in [5, 5.41) is 3.98. The smallest absolute Gasteiger partial charge is 0.268 e. The van der Waals surface area contributed by atoms with Gasteiger partial charge in [-0.25, -0.2) is 13.1 Å². The van der Waals surface area contributed by atoms with Crippen molar-refractivity contribution in [2.75, 3.05) is 6.26 Å². The van der Waals surface area contributed by atoms with Crippen molar-refractivity contribution in [3.8, 4) is 11.1 Å². The van der Waals surface area contributed by atoms with Gasteiger partial charge in [0.15, 0.2) is 9.84 Å². The Labute approximate surface area is 118 Å². The van der Waals surface area contributed by atoms with E-state index in [0.29, 0.717) is 11.0 Å². The number of halogens is 1. The Morgan fingerprint density at radius 2 is 1.84 bits per heavy atom. The molecule has 2 aromatic rings. The van der Waals surface area contributed by atoms with E-state index in [1.807, 2.05) is 0 Å². The quantitative estimate of drug-likeness (QED) is 0.795. The predicted octanol–water partition coefficient (Wildman–Crippen LogP) is 1.67. The Balaban J connectivity index is 2.43. The van der Waals surface area contributed by atoms with Crippen LogP contribution in [-0.4, -0.2) is 24.5 Å². The molecular formula is C12H11BrN2O3S. The van der Waals surface area contributed by atoms with Gasteiger partial charge in [0, 0.05) is 17.9 Å². The number of sulfone groups is 1. The van der Waals surface area contributed by atoms with E-state index in [1.54, 1.807) is 18.3 Å². The lowest BCUT2D eigenvalue weighted by molar-refractivity contribution is 0.602. The van der Waals surface area contributed by atoms with E-state index in [9.17, 15) is 13.2 Å². The maximum absolute atomic E-state index is 11.6. The number of aromatic nitrogens is 2. The molecule has 0 amide bonds. The average molecular weight is 343 g/mol. The molecule has 7 heteroatoms. The second-order valence-electron chi connectivity index (χ2n) is 4.00. The summed E-state index contributed by atoms with van der Waals surface area (Å²) < 4.78 is 24.0. The van der Waals surface area contributed by atoms with Crippen molar-refractivity contribution in [1.29, 1.82) is 0 Å². The Kier molecular flexibility index (Phi) is 3.86. The zero-order chi connectivity index (χ0) is 14.0. The monoisotopic (exact) mass is 342 g/mol. The lowest BCUT2D eigenvalue weighted by atomic mass is 10.1. The van der Waals surface area contributed by atoms with Crippen LogP contribution in [-0.2, 0) is 15.3 Å². The number of alkyl halides is 1. The van der Waals surface area contributed by atoms with Gasteiger partial charge in [0.05, 0.1) is 16.5 Å². The summed E-state index contributed by atoms with van der Waals surface area (Å²) in [6.07, 6.45) is 2.72. The molecule has 0 aliphatic carbocycles. The predicted molar refractivity (Wildman–Crippen MR) is 76.0 cm³/mol. The van der Waals surface area contributed by atoms with Gasteiger partial charge in [-0.3, -0.25) is 4.79 Å². The summed E-state index contributed by atoms with van der Waals surface area (Å²) in [5.74, 6) is 0. The molecule has 0 unspecified atom stereocenters. The molecule has 5 nitrogen and oxygen atoms in total. The fourth-order valence-corrected chi connectivity index (χ4v) is 2.58. The second-order valence-corrected chi connectivity index (χ2v) is 6.52.